The lowest BCUT2D eigenvalue weighted by atomic mass is 10.2. The second-order valence-electron chi connectivity index (χ2n) is 8.71. The molecule has 0 bridgehead atoms. The summed E-state index contributed by atoms with van der Waals surface area (Å²) in [6, 6.07) is 4.68. The molecule has 1 aromatic carbocycles. The van der Waals surface area contributed by atoms with E-state index in [1.54, 1.807) is 31.2 Å². The first-order valence-electron chi connectivity index (χ1n) is 11.1. The number of hydrogen-bond donors (Lipinski definition) is 1. The van der Waals surface area contributed by atoms with E-state index in [1.165, 1.54) is 36.0 Å². The van der Waals surface area contributed by atoms with Gasteiger partial charge in [-0.05, 0) is 38.0 Å². The van der Waals surface area contributed by atoms with E-state index in [1.807, 2.05) is 6.92 Å². The molecule has 0 spiro atoms. The predicted octanol–water partition coefficient (Wildman–Crippen LogP) is 0.893. The van der Waals surface area contributed by atoms with Crippen LogP contribution in [-0.2, 0) is 29.6 Å². The van der Waals surface area contributed by atoms with Crippen molar-refractivity contribution >= 4 is 37.9 Å². The van der Waals surface area contributed by atoms with E-state index < -0.39 is 38.0 Å². The van der Waals surface area contributed by atoms with Crippen molar-refractivity contribution in [2.75, 3.05) is 40.0 Å². The number of nitrogens with zero attached hydrogens (tertiary/aromatic N) is 3. The summed E-state index contributed by atoms with van der Waals surface area (Å²) in [5, 5.41) is 0. The van der Waals surface area contributed by atoms with E-state index in [2.05, 4.69) is 11.3 Å². The van der Waals surface area contributed by atoms with Crippen molar-refractivity contribution in [3.8, 4) is 0 Å². The zero-order valence-electron chi connectivity index (χ0n) is 20.8. The van der Waals surface area contributed by atoms with Gasteiger partial charge in [0.1, 0.15) is 12.1 Å². The van der Waals surface area contributed by atoms with Gasteiger partial charge in [-0.15, -0.1) is 0 Å². The smallest absolute Gasteiger partial charge is 0.244 e. The lowest BCUT2D eigenvalue weighted by Crippen LogP contribution is -2.50. The van der Waals surface area contributed by atoms with Crippen molar-refractivity contribution < 1.29 is 26.4 Å². The SMILES string of the molecule is C=C(C)C=Cc1cccc(S(=O)(=O)N(C)C2CCN(C(C)C(=O)N(C)CCNS(C)(=O)=O)C2=O)c1. The number of benzene rings is 1. The van der Waals surface area contributed by atoms with Gasteiger partial charge in [0.2, 0.25) is 31.9 Å². The van der Waals surface area contributed by atoms with Crippen LogP contribution in [0.4, 0.5) is 0 Å². The summed E-state index contributed by atoms with van der Waals surface area (Å²) in [6.07, 6.45) is 4.82. The van der Waals surface area contributed by atoms with Crippen LogP contribution < -0.4 is 4.72 Å². The van der Waals surface area contributed by atoms with Crippen LogP contribution in [0.5, 0.6) is 0 Å². The normalized spacial score (nSPS) is 17.8. The van der Waals surface area contributed by atoms with Gasteiger partial charge < -0.3 is 9.80 Å². The van der Waals surface area contributed by atoms with Gasteiger partial charge in [-0.1, -0.05) is 36.4 Å². The molecule has 0 aliphatic carbocycles. The minimum absolute atomic E-state index is 0.0476. The van der Waals surface area contributed by atoms with Crippen LogP contribution >= 0.6 is 0 Å². The van der Waals surface area contributed by atoms with Crippen LogP contribution in [0.25, 0.3) is 6.08 Å². The molecule has 10 nitrogen and oxygen atoms in total. The third-order valence-corrected chi connectivity index (χ3v) is 8.35. The highest BCUT2D eigenvalue weighted by Gasteiger charge is 2.43. The number of rotatable bonds is 11. The monoisotopic (exact) mass is 526 g/mol. The lowest BCUT2D eigenvalue weighted by Gasteiger charge is -2.29. The second kappa shape index (κ2) is 11.5. The Hall–Kier alpha value is -2.54. The standard InChI is InChI=1S/C23H34N4O6S2/c1-17(2)10-11-19-8-7-9-20(16-19)35(32,33)26(5)21-12-14-27(23(21)29)18(3)22(28)25(4)15-13-24-34(6,30)31/h7-11,16,18,21,24H,1,12-15H2,2-6H3. The molecule has 1 N–H and O–H groups in total. The molecule has 35 heavy (non-hydrogen) atoms. The number of likely N-dealkylation sites (N-methyl/N-ethyl adjacent to an activating group) is 2. The molecule has 2 atom stereocenters. The molecule has 0 saturated carbocycles. The molecule has 12 heteroatoms. The fourth-order valence-corrected chi connectivity index (χ4v) is 5.58. The molecular formula is C23H34N4O6S2. The second-order valence-corrected chi connectivity index (χ2v) is 12.5. The molecule has 1 aliphatic heterocycles. The number of amides is 2. The van der Waals surface area contributed by atoms with Crippen molar-refractivity contribution in [1.29, 1.82) is 0 Å². The highest BCUT2D eigenvalue weighted by atomic mass is 32.2. The molecule has 2 unspecified atom stereocenters. The molecular weight excluding hydrogens is 492 g/mol. The minimum Gasteiger partial charge on any atom is -0.343 e. The zero-order chi connectivity index (χ0) is 26.6. The summed E-state index contributed by atoms with van der Waals surface area (Å²) in [7, 11) is -4.45. The molecule has 194 valence electrons. The van der Waals surface area contributed by atoms with E-state index in [0.717, 1.165) is 16.1 Å². The number of allylic oxidation sites excluding steroid dienone is 2. The third kappa shape index (κ3) is 7.47. The highest BCUT2D eigenvalue weighted by Crippen LogP contribution is 2.25. The Morgan fingerprint density at radius 2 is 1.94 bits per heavy atom. The summed E-state index contributed by atoms with van der Waals surface area (Å²) in [5.41, 5.74) is 1.52. The van der Waals surface area contributed by atoms with Crippen molar-refractivity contribution in [3.05, 3.63) is 48.1 Å². The van der Waals surface area contributed by atoms with Crippen LogP contribution in [0.1, 0.15) is 25.8 Å². The van der Waals surface area contributed by atoms with Crippen LogP contribution in [0.2, 0.25) is 0 Å². The van der Waals surface area contributed by atoms with Crippen molar-refractivity contribution in [2.24, 2.45) is 0 Å². The van der Waals surface area contributed by atoms with Crippen molar-refractivity contribution in [2.45, 2.75) is 37.2 Å². The first-order chi connectivity index (χ1) is 16.1. The van der Waals surface area contributed by atoms with Gasteiger partial charge in [-0.25, -0.2) is 21.6 Å². The van der Waals surface area contributed by atoms with Gasteiger partial charge in [0.05, 0.1) is 11.2 Å². The first kappa shape index (κ1) is 28.7. The topological polar surface area (TPSA) is 124 Å². The Balaban J connectivity index is 2.11. The Bertz CT molecular complexity index is 1210. The zero-order valence-corrected chi connectivity index (χ0v) is 22.4. The van der Waals surface area contributed by atoms with Gasteiger partial charge in [-0.3, -0.25) is 9.59 Å². The van der Waals surface area contributed by atoms with E-state index in [-0.39, 0.29) is 36.9 Å². The predicted molar refractivity (Wildman–Crippen MR) is 135 cm³/mol. The van der Waals surface area contributed by atoms with Crippen molar-refractivity contribution in [1.82, 2.24) is 18.8 Å². The van der Waals surface area contributed by atoms with E-state index >= 15 is 0 Å². The van der Waals surface area contributed by atoms with Gasteiger partial charge in [-0.2, -0.15) is 4.31 Å². The highest BCUT2D eigenvalue weighted by molar-refractivity contribution is 7.89. The average molecular weight is 527 g/mol. The number of sulfonamides is 2. The van der Waals surface area contributed by atoms with Gasteiger partial charge in [0, 0.05) is 33.7 Å². The summed E-state index contributed by atoms with van der Waals surface area (Å²) < 4.78 is 52.3. The fraction of sp³-hybridized carbons (Fsp3) is 0.478. The quantitative estimate of drug-likeness (QED) is 0.427. The van der Waals surface area contributed by atoms with Gasteiger partial charge in [0.25, 0.3) is 0 Å². The van der Waals surface area contributed by atoms with Gasteiger partial charge in [0.15, 0.2) is 0 Å². The lowest BCUT2D eigenvalue weighted by molar-refractivity contribution is -0.143. The number of hydrogen-bond acceptors (Lipinski definition) is 6. The molecule has 1 heterocycles. The summed E-state index contributed by atoms with van der Waals surface area (Å²) in [5.74, 6) is -0.810. The molecule has 1 saturated heterocycles. The molecule has 2 amide bonds. The minimum atomic E-state index is -3.96. The largest absolute Gasteiger partial charge is 0.343 e. The Kier molecular flexibility index (Phi) is 9.40. The maximum Gasteiger partial charge on any atom is 0.244 e. The number of nitrogens with one attached hydrogen (secondary N) is 1. The maximum atomic E-state index is 13.3. The summed E-state index contributed by atoms with van der Waals surface area (Å²) in [4.78, 5) is 28.7. The van der Waals surface area contributed by atoms with Crippen LogP contribution in [-0.4, -0.2) is 94.8 Å². The molecule has 1 fully saturated rings. The molecule has 0 radical (unpaired) electrons. The summed E-state index contributed by atoms with van der Waals surface area (Å²) in [6.45, 7) is 7.61. The first-order valence-corrected chi connectivity index (χ1v) is 14.4. The van der Waals surface area contributed by atoms with E-state index in [9.17, 15) is 26.4 Å². The van der Waals surface area contributed by atoms with Crippen LogP contribution in [0, 0.1) is 0 Å². The number of carbonyl (C=O) groups is 2. The van der Waals surface area contributed by atoms with E-state index in [4.69, 9.17) is 0 Å². The Labute approximate surface area is 208 Å². The molecule has 1 aromatic rings. The Morgan fingerprint density at radius 3 is 2.54 bits per heavy atom. The molecule has 0 aromatic heterocycles. The van der Waals surface area contributed by atoms with Crippen LogP contribution in [0.15, 0.2) is 47.4 Å². The fourth-order valence-electron chi connectivity index (χ4n) is 3.72. The van der Waals surface area contributed by atoms with Crippen LogP contribution in [0.3, 0.4) is 0 Å². The number of carbonyl (C=O) groups excluding carboxylic acids is 2. The summed E-state index contributed by atoms with van der Waals surface area (Å²) >= 11 is 0. The van der Waals surface area contributed by atoms with Crippen molar-refractivity contribution in [3.63, 3.8) is 0 Å². The molecule has 1 aliphatic rings. The number of likely N-dealkylation sites (tertiary alicyclic amines) is 1. The molecule has 2 rings (SSSR count). The Morgan fingerprint density at radius 1 is 1.29 bits per heavy atom. The average Bonchev–Trinajstić information content (AvgIpc) is 3.16. The third-order valence-electron chi connectivity index (χ3n) is 5.76. The maximum absolute atomic E-state index is 13.3. The van der Waals surface area contributed by atoms with Gasteiger partial charge >= 0.3 is 0 Å². The van der Waals surface area contributed by atoms with E-state index in [0.29, 0.717) is 5.56 Å².